The van der Waals surface area contributed by atoms with Gasteiger partial charge >= 0.3 is 0 Å². The predicted molar refractivity (Wildman–Crippen MR) is 88.7 cm³/mol. The van der Waals surface area contributed by atoms with Crippen LogP contribution in [-0.2, 0) is 19.4 Å². The minimum Gasteiger partial charge on any atom is -0.325 e. The largest absolute Gasteiger partial charge is 0.325 e. The van der Waals surface area contributed by atoms with Crippen LogP contribution in [0, 0.1) is 4.77 Å². The molecule has 0 aliphatic rings. The second kappa shape index (κ2) is 7.06. The maximum absolute atomic E-state index is 12.1. The van der Waals surface area contributed by atoms with Gasteiger partial charge in [0.05, 0.1) is 0 Å². The van der Waals surface area contributed by atoms with Crippen molar-refractivity contribution < 1.29 is 0 Å². The Hall–Kier alpha value is -2.67. The van der Waals surface area contributed by atoms with Crippen molar-refractivity contribution >= 4 is 12.2 Å². The highest BCUT2D eigenvalue weighted by Gasteiger charge is 2.05. The van der Waals surface area contributed by atoms with Crippen LogP contribution < -0.4 is 5.56 Å². The van der Waals surface area contributed by atoms with Gasteiger partial charge in [-0.2, -0.15) is 0 Å². The lowest BCUT2D eigenvalue weighted by Crippen LogP contribution is -2.19. The number of nitrogens with one attached hydrogen (secondary N) is 1. The highest BCUT2D eigenvalue weighted by Crippen LogP contribution is 2.05. The van der Waals surface area contributed by atoms with E-state index in [0.29, 0.717) is 23.3 Å². The topological polar surface area (TPSA) is 76.5 Å². The highest BCUT2D eigenvalue weighted by molar-refractivity contribution is 7.71. The average molecular weight is 325 g/mol. The molecular weight excluding hydrogens is 310 g/mol. The summed E-state index contributed by atoms with van der Waals surface area (Å²) in [5.41, 5.74) is 2.53. The van der Waals surface area contributed by atoms with E-state index >= 15 is 0 Å². The summed E-state index contributed by atoms with van der Waals surface area (Å²) in [5.74, 6) is 0. The van der Waals surface area contributed by atoms with E-state index in [1.165, 1.54) is 11.9 Å². The quantitative estimate of drug-likeness (QED) is 0.725. The van der Waals surface area contributed by atoms with Gasteiger partial charge in [0.2, 0.25) is 0 Å². The third kappa shape index (κ3) is 3.95. The summed E-state index contributed by atoms with van der Waals surface area (Å²) in [6, 6.07) is 3.94. The number of nitrogens with zero attached hydrogens (tertiary/aromatic N) is 4. The fourth-order valence-electron chi connectivity index (χ4n) is 2.29. The number of aryl methyl sites for hydroxylation is 2. The number of H-pyrrole nitrogens is 1. The van der Waals surface area contributed by atoms with E-state index in [1.807, 2.05) is 22.9 Å². The fraction of sp³-hybridized carbons (Fsp3) is 0.188. The van der Waals surface area contributed by atoms with Gasteiger partial charge < -0.3 is 4.57 Å². The minimum absolute atomic E-state index is 0.168. The van der Waals surface area contributed by atoms with Crippen LogP contribution in [0.3, 0.4) is 0 Å². The number of aromatic amines is 1. The summed E-state index contributed by atoms with van der Waals surface area (Å²) in [7, 11) is 0. The van der Waals surface area contributed by atoms with Crippen LogP contribution >= 0.6 is 12.2 Å². The second-order valence-electron chi connectivity index (χ2n) is 5.14. The number of rotatable bonds is 5. The first-order chi connectivity index (χ1) is 11.2. The van der Waals surface area contributed by atoms with E-state index in [-0.39, 0.29) is 5.56 Å². The molecule has 0 bridgehead atoms. The lowest BCUT2D eigenvalue weighted by molar-refractivity contribution is 0.655. The van der Waals surface area contributed by atoms with Crippen LogP contribution in [0.2, 0.25) is 0 Å². The first-order valence-corrected chi connectivity index (χ1v) is 7.58. The summed E-state index contributed by atoms with van der Waals surface area (Å²) in [6.07, 6.45) is 11.5. The lowest BCUT2D eigenvalue weighted by Gasteiger charge is -2.09. The predicted octanol–water partition coefficient (Wildman–Crippen LogP) is 1.92. The van der Waals surface area contributed by atoms with Crippen molar-refractivity contribution in [2.45, 2.75) is 19.4 Å². The monoisotopic (exact) mass is 325 g/mol. The molecule has 0 aliphatic heterocycles. The Morgan fingerprint density at radius 2 is 1.83 bits per heavy atom. The molecule has 0 aliphatic carbocycles. The Balaban J connectivity index is 1.82. The third-order valence-corrected chi connectivity index (χ3v) is 3.82. The molecule has 0 saturated carbocycles. The summed E-state index contributed by atoms with van der Waals surface area (Å²) >= 11 is 5.25. The summed E-state index contributed by atoms with van der Waals surface area (Å²) in [6.45, 7) is 0.692. The molecule has 3 heterocycles. The third-order valence-electron chi connectivity index (χ3n) is 3.48. The van der Waals surface area contributed by atoms with Crippen molar-refractivity contribution in [1.82, 2.24) is 24.5 Å². The van der Waals surface area contributed by atoms with E-state index in [9.17, 15) is 4.79 Å². The molecule has 0 fully saturated rings. The minimum atomic E-state index is -0.168. The molecule has 0 spiro atoms. The maximum atomic E-state index is 12.1. The van der Waals surface area contributed by atoms with Gasteiger partial charge in [-0.3, -0.25) is 14.8 Å². The number of pyridine rings is 1. The van der Waals surface area contributed by atoms with Crippen molar-refractivity contribution in [3.05, 3.63) is 81.3 Å². The van der Waals surface area contributed by atoms with Crippen molar-refractivity contribution in [2.24, 2.45) is 0 Å². The Bertz CT molecular complexity index is 890. The molecule has 0 amide bonds. The lowest BCUT2D eigenvalue weighted by atomic mass is 10.1. The van der Waals surface area contributed by atoms with E-state index in [4.69, 9.17) is 12.2 Å². The molecule has 0 radical (unpaired) electrons. The summed E-state index contributed by atoms with van der Waals surface area (Å²) in [4.78, 5) is 26.8. The van der Waals surface area contributed by atoms with Crippen LogP contribution in [0.5, 0.6) is 0 Å². The summed E-state index contributed by atoms with van der Waals surface area (Å²) in [5, 5.41) is 0. The number of aromatic nitrogens is 5. The smallest absolute Gasteiger partial charge is 0.255 e. The van der Waals surface area contributed by atoms with E-state index in [1.54, 1.807) is 24.8 Å². The molecule has 0 unspecified atom stereocenters. The molecule has 23 heavy (non-hydrogen) atoms. The van der Waals surface area contributed by atoms with Crippen LogP contribution in [0.25, 0.3) is 0 Å². The molecule has 116 valence electrons. The molecule has 0 aromatic carbocycles. The molecule has 3 aromatic rings. The van der Waals surface area contributed by atoms with Gasteiger partial charge in [0, 0.05) is 49.5 Å². The molecular formula is C16H15N5OS. The van der Waals surface area contributed by atoms with Crippen LogP contribution in [-0.4, -0.2) is 24.5 Å². The second-order valence-corrected chi connectivity index (χ2v) is 5.52. The van der Waals surface area contributed by atoms with E-state index in [2.05, 4.69) is 19.9 Å². The first kappa shape index (κ1) is 15.2. The average Bonchev–Trinajstić information content (AvgIpc) is 2.58. The van der Waals surface area contributed by atoms with Crippen molar-refractivity contribution in [2.75, 3.05) is 0 Å². The van der Waals surface area contributed by atoms with Crippen molar-refractivity contribution in [1.29, 1.82) is 0 Å². The molecule has 6 nitrogen and oxygen atoms in total. The SMILES string of the molecule is O=c1[nH]c(=S)n(CCc2ccncc2)cc1Cc1cncnc1. The molecule has 0 saturated heterocycles. The number of hydrogen-bond acceptors (Lipinski definition) is 5. The van der Waals surface area contributed by atoms with Crippen molar-refractivity contribution in [3.8, 4) is 0 Å². The normalized spacial score (nSPS) is 10.6. The molecule has 0 atom stereocenters. The molecule has 3 rings (SSSR count). The van der Waals surface area contributed by atoms with Gasteiger partial charge in [-0.15, -0.1) is 0 Å². The van der Waals surface area contributed by atoms with Crippen LogP contribution in [0.1, 0.15) is 16.7 Å². The van der Waals surface area contributed by atoms with Gasteiger partial charge in [-0.05, 0) is 41.9 Å². The van der Waals surface area contributed by atoms with Crippen LogP contribution in [0.15, 0.2) is 54.2 Å². The van der Waals surface area contributed by atoms with Crippen LogP contribution in [0.4, 0.5) is 0 Å². The van der Waals surface area contributed by atoms with E-state index < -0.39 is 0 Å². The zero-order valence-electron chi connectivity index (χ0n) is 12.3. The Morgan fingerprint density at radius 3 is 2.57 bits per heavy atom. The fourth-order valence-corrected chi connectivity index (χ4v) is 2.52. The highest BCUT2D eigenvalue weighted by atomic mass is 32.1. The number of hydrogen-bond donors (Lipinski definition) is 1. The van der Waals surface area contributed by atoms with Gasteiger partial charge in [0.25, 0.3) is 5.56 Å². The first-order valence-electron chi connectivity index (χ1n) is 7.18. The Kier molecular flexibility index (Phi) is 4.68. The summed E-state index contributed by atoms with van der Waals surface area (Å²) < 4.78 is 2.31. The van der Waals surface area contributed by atoms with Crippen molar-refractivity contribution in [3.63, 3.8) is 0 Å². The van der Waals surface area contributed by atoms with Gasteiger partial charge in [-0.25, -0.2) is 9.97 Å². The van der Waals surface area contributed by atoms with Gasteiger partial charge in [0.1, 0.15) is 6.33 Å². The zero-order chi connectivity index (χ0) is 16.1. The van der Waals surface area contributed by atoms with Gasteiger partial charge in [-0.1, -0.05) is 0 Å². The maximum Gasteiger partial charge on any atom is 0.255 e. The molecule has 7 heteroatoms. The Morgan fingerprint density at radius 1 is 1.09 bits per heavy atom. The zero-order valence-corrected chi connectivity index (χ0v) is 13.2. The van der Waals surface area contributed by atoms with E-state index in [0.717, 1.165) is 12.0 Å². The molecule has 3 aromatic heterocycles. The Labute approximate surface area is 137 Å². The van der Waals surface area contributed by atoms with Gasteiger partial charge in [0.15, 0.2) is 4.77 Å². The standard InChI is InChI=1S/C16H15N5OS/c22-15-14(7-13-8-18-11-19-9-13)10-21(16(23)20-15)6-3-12-1-4-17-5-2-12/h1-2,4-5,8-11H,3,6-7H2,(H,20,22,23). The molecule has 1 N–H and O–H groups in total.